The smallest absolute Gasteiger partial charge is 0.337 e. The quantitative estimate of drug-likeness (QED) is 0.737. The Morgan fingerprint density at radius 1 is 1.25 bits per heavy atom. The Morgan fingerprint density at radius 2 is 2.08 bits per heavy atom. The molecule has 0 saturated carbocycles. The number of likely N-dealkylation sites (tertiary alicyclic amines) is 1. The third kappa shape index (κ3) is 3.81. The second kappa shape index (κ2) is 7.84. The number of aromatic nitrogens is 1. The molecule has 1 fully saturated rings. The van der Waals surface area contributed by atoms with E-state index in [4.69, 9.17) is 0 Å². The maximum atomic E-state index is 11.4. The number of hydrogen-bond acceptors (Lipinski definition) is 2. The molecule has 2 aromatic rings. The highest BCUT2D eigenvalue weighted by molar-refractivity contribution is 6.03. The van der Waals surface area contributed by atoms with Crippen LogP contribution in [0.4, 0.5) is 0 Å². The van der Waals surface area contributed by atoms with Crippen LogP contribution in [0.2, 0.25) is 0 Å². The molecule has 3 rings (SSSR count). The van der Waals surface area contributed by atoms with E-state index in [9.17, 15) is 9.90 Å². The number of nitrogens with zero attached hydrogens (tertiary/aromatic N) is 2. The molecule has 2 heterocycles. The monoisotopic (exact) mass is 328 g/mol. The van der Waals surface area contributed by atoms with Crippen molar-refractivity contribution in [2.24, 2.45) is 5.92 Å². The van der Waals surface area contributed by atoms with Crippen LogP contribution in [0.1, 0.15) is 49.4 Å². The Bertz CT molecular complexity index is 692. The molecule has 130 valence electrons. The number of rotatable bonds is 8. The number of benzene rings is 1. The molecule has 0 radical (unpaired) electrons. The Balaban J connectivity index is 1.60. The number of aromatic carboxylic acids is 1. The van der Waals surface area contributed by atoms with Crippen LogP contribution < -0.4 is 0 Å². The predicted octanol–water partition coefficient (Wildman–Crippen LogP) is 4.24. The van der Waals surface area contributed by atoms with Gasteiger partial charge in [0.05, 0.1) is 5.56 Å². The number of para-hydroxylation sites is 1. The van der Waals surface area contributed by atoms with E-state index < -0.39 is 5.97 Å². The number of unbranched alkanes of at least 4 members (excludes halogenated alkanes) is 2. The fourth-order valence-electron chi connectivity index (χ4n) is 3.86. The molecule has 24 heavy (non-hydrogen) atoms. The van der Waals surface area contributed by atoms with Crippen molar-refractivity contribution in [3.05, 3.63) is 36.0 Å². The largest absolute Gasteiger partial charge is 0.478 e. The summed E-state index contributed by atoms with van der Waals surface area (Å²) in [6.45, 7) is 6.82. The van der Waals surface area contributed by atoms with E-state index in [2.05, 4.69) is 16.4 Å². The van der Waals surface area contributed by atoms with Gasteiger partial charge in [-0.25, -0.2) is 4.79 Å². The fourth-order valence-corrected chi connectivity index (χ4v) is 3.86. The average molecular weight is 328 g/mol. The van der Waals surface area contributed by atoms with E-state index in [0.717, 1.165) is 29.8 Å². The first-order valence-electron chi connectivity index (χ1n) is 9.22. The van der Waals surface area contributed by atoms with Crippen LogP contribution in [0.15, 0.2) is 30.5 Å². The topological polar surface area (TPSA) is 45.5 Å². The van der Waals surface area contributed by atoms with Crippen LogP contribution in [0.25, 0.3) is 10.9 Å². The molecule has 1 atom stereocenters. The van der Waals surface area contributed by atoms with Gasteiger partial charge in [0.25, 0.3) is 0 Å². The standard InChI is InChI=1S/C20H28N2O2/c1-2-3-6-11-21-12-9-16(14-21)10-13-22-15-18(20(23)24)17-7-4-5-8-19(17)22/h4-5,7-8,15-16H,2-3,6,9-14H2,1H3,(H,23,24). The third-order valence-electron chi connectivity index (χ3n) is 5.25. The minimum atomic E-state index is -0.840. The van der Waals surface area contributed by atoms with E-state index in [0.29, 0.717) is 5.56 Å². The molecule has 0 bridgehead atoms. The van der Waals surface area contributed by atoms with E-state index in [1.54, 1.807) is 6.20 Å². The summed E-state index contributed by atoms with van der Waals surface area (Å²) in [5.74, 6) is -0.103. The lowest BCUT2D eigenvalue weighted by Crippen LogP contribution is -2.22. The molecule has 0 aliphatic carbocycles. The van der Waals surface area contributed by atoms with Gasteiger partial charge in [0.2, 0.25) is 0 Å². The zero-order valence-corrected chi connectivity index (χ0v) is 14.6. The highest BCUT2D eigenvalue weighted by Crippen LogP contribution is 2.25. The number of aryl methyl sites for hydroxylation is 1. The van der Waals surface area contributed by atoms with Crippen molar-refractivity contribution in [3.63, 3.8) is 0 Å². The fraction of sp³-hybridized carbons (Fsp3) is 0.550. The summed E-state index contributed by atoms with van der Waals surface area (Å²) in [5.41, 5.74) is 1.45. The number of carboxylic acid groups (broad SMARTS) is 1. The molecule has 0 spiro atoms. The van der Waals surface area contributed by atoms with Gasteiger partial charge in [-0.3, -0.25) is 0 Å². The second-order valence-electron chi connectivity index (χ2n) is 7.01. The normalized spacial score (nSPS) is 18.5. The summed E-state index contributed by atoms with van der Waals surface area (Å²) < 4.78 is 2.12. The molecule has 1 aliphatic heterocycles. The first kappa shape index (κ1) is 17.0. The van der Waals surface area contributed by atoms with Crippen LogP contribution in [-0.4, -0.2) is 40.2 Å². The molecular formula is C20H28N2O2. The third-order valence-corrected chi connectivity index (χ3v) is 5.25. The van der Waals surface area contributed by atoms with E-state index in [1.165, 1.54) is 45.3 Å². The molecule has 1 unspecified atom stereocenters. The summed E-state index contributed by atoms with van der Waals surface area (Å²) in [4.78, 5) is 14.0. The Kier molecular flexibility index (Phi) is 5.56. The van der Waals surface area contributed by atoms with Crippen LogP contribution in [0.5, 0.6) is 0 Å². The Labute approximate surface area is 144 Å². The van der Waals surface area contributed by atoms with Crippen molar-refractivity contribution in [2.75, 3.05) is 19.6 Å². The van der Waals surface area contributed by atoms with Crippen molar-refractivity contribution >= 4 is 16.9 Å². The first-order chi connectivity index (χ1) is 11.7. The minimum absolute atomic E-state index is 0.415. The molecule has 1 aliphatic rings. The van der Waals surface area contributed by atoms with Gasteiger partial charge in [-0.2, -0.15) is 0 Å². The SMILES string of the molecule is CCCCCN1CCC(CCn2cc(C(=O)O)c3ccccc32)C1. The zero-order chi connectivity index (χ0) is 16.9. The number of carboxylic acids is 1. The molecule has 1 aromatic heterocycles. The second-order valence-corrected chi connectivity index (χ2v) is 7.01. The molecule has 1 saturated heterocycles. The predicted molar refractivity (Wildman–Crippen MR) is 97.6 cm³/mol. The molecule has 0 amide bonds. The lowest BCUT2D eigenvalue weighted by molar-refractivity contribution is 0.0698. The summed E-state index contributed by atoms with van der Waals surface area (Å²) in [6.07, 6.45) is 8.13. The molecular weight excluding hydrogens is 300 g/mol. The Morgan fingerprint density at radius 3 is 2.88 bits per heavy atom. The lowest BCUT2D eigenvalue weighted by atomic mass is 10.1. The van der Waals surface area contributed by atoms with Crippen LogP contribution in [0.3, 0.4) is 0 Å². The summed E-state index contributed by atoms with van der Waals surface area (Å²) in [6, 6.07) is 7.81. The van der Waals surface area contributed by atoms with Gasteiger partial charge in [-0.05, 0) is 44.3 Å². The van der Waals surface area contributed by atoms with Gasteiger partial charge in [0.1, 0.15) is 0 Å². The van der Waals surface area contributed by atoms with E-state index in [1.807, 2.05) is 24.3 Å². The summed E-state index contributed by atoms with van der Waals surface area (Å²) >= 11 is 0. The van der Waals surface area contributed by atoms with Gasteiger partial charge in [0, 0.05) is 30.2 Å². The molecule has 1 aromatic carbocycles. The first-order valence-corrected chi connectivity index (χ1v) is 9.22. The number of fused-ring (bicyclic) bond motifs is 1. The molecule has 1 N–H and O–H groups in total. The van der Waals surface area contributed by atoms with Gasteiger partial charge in [0.15, 0.2) is 0 Å². The van der Waals surface area contributed by atoms with Crippen LogP contribution in [0, 0.1) is 5.92 Å². The van der Waals surface area contributed by atoms with Crippen molar-refractivity contribution in [1.82, 2.24) is 9.47 Å². The maximum absolute atomic E-state index is 11.4. The highest BCUT2D eigenvalue weighted by atomic mass is 16.4. The Hall–Kier alpha value is -1.81. The number of hydrogen-bond donors (Lipinski definition) is 1. The average Bonchev–Trinajstić information content (AvgIpc) is 3.18. The van der Waals surface area contributed by atoms with E-state index in [-0.39, 0.29) is 0 Å². The van der Waals surface area contributed by atoms with Gasteiger partial charge >= 0.3 is 5.97 Å². The minimum Gasteiger partial charge on any atom is -0.478 e. The van der Waals surface area contributed by atoms with Crippen LogP contribution >= 0.6 is 0 Å². The van der Waals surface area contributed by atoms with Gasteiger partial charge in [-0.1, -0.05) is 38.0 Å². The summed E-state index contributed by atoms with van der Waals surface area (Å²) in [7, 11) is 0. The van der Waals surface area contributed by atoms with Gasteiger partial charge in [-0.15, -0.1) is 0 Å². The van der Waals surface area contributed by atoms with Crippen molar-refractivity contribution < 1.29 is 9.90 Å². The van der Waals surface area contributed by atoms with Crippen molar-refractivity contribution in [2.45, 2.75) is 45.6 Å². The number of carbonyl (C=O) groups is 1. The van der Waals surface area contributed by atoms with Gasteiger partial charge < -0.3 is 14.6 Å². The maximum Gasteiger partial charge on any atom is 0.337 e. The van der Waals surface area contributed by atoms with E-state index >= 15 is 0 Å². The van der Waals surface area contributed by atoms with Crippen molar-refractivity contribution in [1.29, 1.82) is 0 Å². The highest BCUT2D eigenvalue weighted by Gasteiger charge is 2.22. The molecule has 4 nitrogen and oxygen atoms in total. The summed E-state index contributed by atoms with van der Waals surface area (Å²) in [5, 5.41) is 10.2. The zero-order valence-electron chi connectivity index (χ0n) is 14.6. The molecule has 4 heteroatoms. The van der Waals surface area contributed by atoms with Crippen LogP contribution in [-0.2, 0) is 6.54 Å². The lowest BCUT2D eigenvalue weighted by Gasteiger charge is -2.16. The van der Waals surface area contributed by atoms with Crippen molar-refractivity contribution in [3.8, 4) is 0 Å².